The number of guanidine groups is 1. The van der Waals surface area contributed by atoms with Gasteiger partial charge in [0.25, 0.3) is 0 Å². The molecule has 21 heavy (non-hydrogen) atoms. The third kappa shape index (κ3) is 3.89. The summed E-state index contributed by atoms with van der Waals surface area (Å²) in [6.07, 6.45) is 4.65. The van der Waals surface area contributed by atoms with Crippen LogP contribution in [0.5, 0.6) is 0 Å². The highest BCUT2D eigenvalue weighted by molar-refractivity contribution is 6.30. The fourth-order valence-corrected chi connectivity index (χ4v) is 3.21. The fraction of sp³-hybridized carbons (Fsp3) is 0.562. The first-order chi connectivity index (χ1) is 10.2. The molecular formula is C16H22ClN3O. The molecule has 3 N–H and O–H groups in total. The third-order valence-corrected chi connectivity index (χ3v) is 4.53. The van der Waals surface area contributed by atoms with E-state index in [1.165, 1.54) is 5.56 Å². The zero-order chi connectivity index (χ0) is 14.7. The van der Waals surface area contributed by atoms with E-state index >= 15 is 0 Å². The van der Waals surface area contributed by atoms with E-state index < -0.39 is 0 Å². The number of nitrogens with zero attached hydrogens (tertiary/aromatic N) is 1. The maximum Gasteiger partial charge on any atom is 0.188 e. The Kier molecular flexibility index (Phi) is 4.66. The minimum absolute atomic E-state index is 0.256. The van der Waals surface area contributed by atoms with Gasteiger partial charge in [0.05, 0.1) is 12.6 Å². The molecule has 0 bridgehead atoms. The predicted octanol–water partition coefficient (Wildman–Crippen LogP) is 2.67. The normalized spacial score (nSPS) is 29.2. The third-order valence-electron chi connectivity index (χ3n) is 4.30. The standard InChI is InChI=1S/C16H22ClN3O/c17-13-4-1-3-11(7-13)12-8-14(9-12)20-16(18)19-10-15-5-2-6-21-15/h1,3-4,7,12,14-15H,2,5-6,8-10H2,(H3,18,19,20). The van der Waals surface area contributed by atoms with Gasteiger partial charge in [-0.15, -0.1) is 0 Å². The quantitative estimate of drug-likeness (QED) is 0.664. The molecule has 2 aliphatic rings. The number of nitrogens with two attached hydrogens (primary N) is 1. The molecule has 1 aromatic carbocycles. The number of hydrogen-bond acceptors (Lipinski definition) is 2. The lowest BCUT2D eigenvalue weighted by Gasteiger charge is -2.36. The first-order valence-electron chi connectivity index (χ1n) is 7.64. The molecule has 1 saturated heterocycles. The summed E-state index contributed by atoms with van der Waals surface area (Å²) >= 11 is 6.03. The van der Waals surface area contributed by atoms with E-state index in [9.17, 15) is 0 Å². The van der Waals surface area contributed by atoms with Crippen LogP contribution in [0.15, 0.2) is 29.3 Å². The second-order valence-corrected chi connectivity index (χ2v) is 6.36. The molecule has 0 radical (unpaired) electrons. The van der Waals surface area contributed by atoms with Crippen LogP contribution in [-0.2, 0) is 4.74 Å². The summed E-state index contributed by atoms with van der Waals surface area (Å²) in [6, 6.07) is 8.53. The molecular weight excluding hydrogens is 286 g/mol. The highest BCUT2D eigenvalue weighted by atomic mass is 35.5. The first kappa shape index (κ1) is 14.7. The number of aliphatic imine (C=N–C) groups is 1. The summed E-state index contributed by atoms with van der Waals surface area (Å²) < 4.78 is 5.53. The van der Waals surface area contributed by atoms with Gasteiger partial charge in [0.2, 0.25) is 0 Å². The molecule has 1 aromatic rings. The van der Waals surface area contributed by atoms with Gasteiger partial charge >= 0.3 is 0 Å². The molecule has 1 aliphatic heterocycles. The van der Waals surface area contributed by atoms with Crippen molar-refractivity contribution >= 4 is 17.6 Å². The van der Waals surface area contributed by atoms with Crippen LogP contribution in [0.25, 0.3) is 0 Å². The molecule has 3 rings (SSSR count). The Morgan fingerprint density at radius 3 is 3.00 bits per heavy atom. The van der Waals surface area contributed by atoms with Crippen molar-refractivity contribution in [2.45, 2.75) is 43.7 Å². The zero-order valence-corrected chi connectivity index (χ0v) is 12.9. The molecule has 1 atom stereocenters. The van der Waals surface area contributed by atoms with Gasteiger partial charge in [-0.3, -0.25) is 4.99 Å². The Labute approximate surface area is 130 Å². The van der Waals surface area contributed by atoms with Crippen molar-refractivity contribution in [2.24, 2.45) is 10.7 Å². The molecule has 0 aromatic heterocycles. The summed E-state index contributed by atoms with van der Waals surface area (Å²) in [7, 11) is 0. The van der Waals surface area contributed by atoms with Crippen LogP contribution in [0.3, 0.4) is 0 Å². The summed E-state index contributed by atoms with van der Waals surface area (Å²) in [5.41, 5.74) is 7.25. The Morgan fingerprint density at radius 2 is 2.29 bits per heavy atom. The lowest BCUT2D eigenvalue weighted by Crippen LogP contribution is -2.46. The topological polar surface area (TPSA) is 59.6 Å². The second kappa shape index (κ2) is 6.67. The number of ether oxygens (including phenoxy) is 1. The van der Waals surface area contributed by atoms with Gasteiger partial charge in [-0.1, -0.05) is 23.7 Å². The Balaban J connectivity index is 1.42. The van der Waals surface area contributed by atoms with Gasteiger partial charge in [0.15, 0.2) is 5.96 Å². The van der Waals surface area contributed by atoms with Crippen LogP contribution >= 0.6 is 11.6 Å². The SMILES string of the molecule is NC(=NCC1CCCO1)NC1CC(c2cccc(Cl)c2)C1. The minimum atomic E-state index is 0.256. The molecule has 4 nitrogen and oxygen atoms in total. The fourth-order valence-electron chi connectivity index (χ4n) is 3.01. The maximum atomic E-state index is 6.03. The van der Waals surface area contributed by atoms with Gasteiger partial charge < -0.3 is 15.8 Å². The van der Waals surface area contributed by atoms with Crippen LogP contribution in [0.4, 0.5) is 0 Å². The number of benzene rings is 1. The number of rotatable bonds is 4. The van der Waals surface area contributed by atoms with Crippen molar-refractivity contribution in [3.8, 4) is 0 Å². The molecule has 1 aliphatic carbocycles. The number of hydrogen-bond donors (Lipinski definition) is 2. The van der Waals surface area contributed by atoms with Gasteiger partial charge in [-0.2, -0.15) is 0 Å². The number of nitrogens with one attached hydrogen (secondary N) is 1. The Morgan fingerprint density at radius 1 is 1.43 bits per heavy atom. The average molecular weight is 308 g/mol. The Hall–Kier alpha value is -1.26. The lowest BCUT2D eigenvalue weighted by atomic mass is 9.76. The molecule has 1 saturated carbocycles. The van der Waals surface area contributed by atoms with Gasteiger partial charge in [-0.25, -0.2) is 0 Å². The van der Waals surface area contributed by atoms with Gasteiger partial charge in [-0.05, 0) is 49.3 Å². The van der Waals surface area contributed by atoms with Crippen LogP contribution < -0.4 is 11.1 Å². The van der Waals surface area contributed by atoms with Crippen molar-refractivity contribution in [1.82, 2.24) is 5.32 Å². The smallest absolute Gasteiger partial charge is 0.188 e. The van der Waals surface area contributed by atoms with Crippen LogP contribution in [0.1, 0.15) is 37.2 Å². The van der Waals surface area contributed by atoms with Crippen LogP contribution in [-0.4, -0.2) is 31.3 Å². The summed E-state index contributed by atoms with van der Waals surface area (Å²) in [5.74, 6) is 1.12. The van der Waals surface area contributed by atoms with Gasteiger partial charge in [0.1, 0.15) is 0 Å². The molecule has 5 heteroatoms. The minimum Gasteiger partial charge on any atom is -0.376 e. The highest BCUT2D eigenvalue weighted by Gasteiger charge is 2.30. The van der Waals surface area contributed by atoms with Gasteiger partial charge in [0, 0.05) is 17.7 Å². The van der Waals surface area contributed by atoms with E-state index in [1.54, 1.807) is 0 Å². The molecule has 0 spiro atoms. The predicted molar refractivity (Wildman–Crippen MR) is 85.8 cm³/mol. The van der Waals surface area contributed by atoms with E-state index in [4.69, 9.17) is 22.1 Å². The molecule has 1 unspecified atom stereocenters. The van der Waals surface area contributed by atoms with Crippen molar-refractivity contribution < 1.29 is 4.74 Å². The average Bonchev–Trinajstić information content (AvgIpc) is 2.93. The molecule has 114 valence electrons. The monoisotopic (exact) mass is 307 g/mol. The van der Waals surface area contributed by atoms with E-state index in [2.05, 4.69) is 22.4 Å². The van der Waals surface area contributed by atoms with Crippen LogP contribution in [0.2, 0.25) is 5.02 Å². The maximum absolute atomic E-state index is 6.03. The largest absolute Gasteiger partial charge is 0.376 e. The zero-order valence-electron chi connectivity index (χ0n) is 12.1. The summed E-state index contributed by atoms with van der Waals surface area (Å²) in [5, 5.41) is 4.10. The second-order valence-electron chi connectivity index (χ2n) is 5.93. The van der Waals surface area contributed by atoms with E-state index in [0.29, 0.717) is 24.5 Å². The van der Waals surface area contributed by atoms with Crippen molar-refractivity contribution in [3.05, 3.63) is 34.9 Å². The lowest BCUT2D eigenvalue weighted by molar-refractivity contribution is 0.117. The van der Waals surface area contributed by atoms with Crippen molar-refractivity contribution in [3.63, 3.8) is 0 Å². The van der Waals surface area contributed by atoms with Crippen molar-refractivity contribution in [2.75, 3.05) is 13.2 Å². The summed E-state index contributed by atoms with van der Waals surface area (Å²) in [6.45, 7) is 1.53. The number of halogens is 1. The van der Waals surface area contributed by atoms with E-state index in [1.807, 2.05) is 12.1 Å². The van der Waals surface area contributed by atoms with Crippen LogP contribution in [0, 0.1) is 0 Å². The molecule has 0 amide bonds. The van der Waals surface area contributed by atoms with E-state index in [0.717, 1.165) is 37.3 Å². The van der Waals surface area contributed by atoms with E-state index in [-0.39, 0.29) is 6.10 Å². The first-order valence-corrected chi connectivity index (χ1v) is 8.02. The molecule has 1 heterocycles. The summed E-state index contributed by atoms with van der Waals surface area (Å²) in [4.78, 5) is 4.38. The highest BCUT2D eigenvalue weighted by Crippen LogP contribution is 2.37. The molecule has 2 fully saturated rings. The Bertz CT molecular complexity index is 508. The van der Waals surface area contributed by atoms with Crippen molar-refractivity contribution in [1.29, 1.82) is 0 Å².